The molecule has 1 aliphatic rings. The van der Waals surface area contributed by atoms with Gasteiger partial charge in [0.05, 0.1) is 4.90 Å². The lowest BCUT2D eigenvalue weighted by molar-refractivity contribution is -0.116. The van der Waals surface area contributed by atoms with E-state index in [1.807, 2.05) is 13.8 Å². The Kier molecular flexibility index (Phi) is 3.49. The first-order valence-corrected chi connectivity index (χ1v) is 7.73. The molecule has 1 aromatic carbocycles. The molecular formula is C14H17NO3S. The first-order valence-electron chi connectivity index (χ1n) is 6.19. The molecule has 1 aromatic rings. The molecule has 2 rings (SSSR count). The Labute approximate surface area is 113 Å². The van der Waals surface area contributed by atoms with E-state index in [4.69, 9.17) is 0 Å². The molecule has 1 amide bonds. The quantitative estimate of drug-likeness (QED) is 0.920. The van der Waals surface area contributed by atoms with E-state index in [1.165, 1.54) is 0 Å². The number of carbonyl (C=O) groups excluding carboxylic acids is 1. The van der Waals surface area contributed by atoms with Crippen molar-refractivity contribution in [3.05, 3.63) is 41.0 Å². The minimum Gasteiger partial charge on any atom is -0.332 e. The van der Waals surface area contributed by atoms with Crippen LogP contribution in [0, 0.1) is 6.92 Å². The van der Waals surface area contributed by atoms with Gasteiger partial charge in [-0.05, 0) is 38.0 Å². The fraction of sp³-hybridized carbons (Fsp3) is 0.357. The van der Waals surface area contributed by atoms with Gasteiger partial charge in [0.15, 0.2) is 5.37 Å². The molecular weight excluding hydrogens is 262 g/mol. The molecule has 0 spiro atoms. The van der Waals surface area contributed by atoms with Crippen molar-refractivity contribution in [2.24, 2.45) is 0 Å². The van der Waals surface area contributed by atoms with Gasteiger partial charge >= 0.3 is 0 Å². The highest BCUT2D eigenvalue weighted by atomic mass is 32.2. The second kappa shape index (κ2) is 4.81. The van der Waals surface area contributed by atoms with E-state index in [0.29, 0.717) is 17.6 Å². The second-order valence-electron chi connectivity index (χ2n) is 4.73. The maximum absolute atomic E-state index is 12.5. The van der Waals surface area contributed by atoms with Gasteiger partial charge in [-0.15, -0.1) is 0 Å². The van der Waals surface area contributed by atoms with E-state index < -0.39 is 15.2 Å². The topological polar surface area (TPSA) is 63.2 Å². The molecule has 4 nitrogen and oxygen atoms in total. The highest BCUT2D eigenvalue weighted by Gasteiger charge is 2.37. The van der Waals surface area contributed by atoms with Crippen LogP contribution >= 0.6 is 0 Å². The highest BCUT2D eigenvalue weighted by Crippen LogP contribution is 2.27. The molecule has 0 aromatic heterocycles. The summed E-state index contributed by atoms with van der Waals surface area (Å²) in [5.41, 5.74) is 2.17. The Morgan fingerprint density at radius 2 is 1.74 bits per heavy atom. The summed E-state index contributed by atoms with van der Waals surface area (Å²) in [6.45, 7) is 5.44. The van der Waals surface area contributed by atoms with Gasteiger partial charge in [0.1, 0.15) is 0 Å². The van der Waals surface area contributed by atoms with Crippen molar-refractivity contribution in [2.75, 3.05) is 0 Å². The van der Waals surface area contributed by atoms with Crippen molar-refractivity contribution >= 4 is 15.7 Å². The lowest BCUT2D eigenvalue weighted by Gasteiger charge is -2.14. The van der Waals surface area contributed by atoms with Crippen LogP contribution in [0.5, 0.6) is 0 Å². The maximum atomic E-state index is 12.5. The summed E-state index contributed by atoms with van der Waals surface area (Å²) in [6.07, 6.45) is 0.539. The predicted octanol–water partition coefficient (Wildman–Crippen LogP) is 1.95. The number of benzene rings is 1. The molecule has 19 heavy (non-hydrogen) atoms. The molecule has 0 bridgehead atoms. The zero-order valence-electron chi connectivity index (χ0n) is 11.2. The SMILES string of the molecule is CCC1=C(C)C(S(=O)(=O)c2ccc(C)cc2)NC1=O. The molecule has 0 aliphatic carbocycles. The molecule has 0 saturated heterocycles. The second-order valence-corrected chi connectivity index (χ2v) is 6.76. The number of carbonyl (C=O) groups is 1. The average molecular weight is 279 g/mol. The molecule has 1 N–H and O–H groups in total. The molecule has 0 radical (unpaired) electrons. The van der Waals surface area contributed by atoms with Crippen molar-refractivity contribution in [3.8, 4) is 0 Å². The Balaban J connectivity index is 2.45. The van der Waals surface area contributed by atoms with Crippen molar-refractivity contribution in [3.63, 3.8) is 0 Å². The van der Waals surface area contributed by atoms with Crippen molar-refractivity contribution in [2.45, 2.75) is 37.5 Å². The standard InChI is InChI=1S/C14H17NO3S/c1-4-12-10(3)14(15-13(12)16)19(17,18)11-7-5-9(2)6-8-11/h5-8,14H,4H2,1-3H3,(H,15,16). The minimum absolute atomic E-state index is 0.236. The number of sulfone groups is 1. The zero-order chi connectivity index (χ0) is 14.2. The highest BCUT2D eigenvalue weighted by molar-refractivity contribution is 7.92. The van der Waals surface area contributed by atoms with Crippen LogP contribution in [0.25, 0.3) is 0 Å². The Morgan fingerprint density at radius 3 is 2.21 bits per heavy atom. The molecule has 102 valence electrons. The number of nitrogens with one attached hydrogen (secondary N) is 1. The molecule has 1 aliphatic heterocycles. The lowest BCUT2D eigenvalue weighted by atomic mass is 10.1. The van der Waals surface area contributed by atoms with Crippen LogP contribution in [0.3, 0.4) is 0 Å². The molecule has 1 unspecified atom stereocenters. The predicted molar refractivity (Wildman–Crippen MR) is 73.3 cm³/mol. The van der Waals surface area contributed by atoms with E-state index in [0.717, 1.165) is 5.56 Å². The van der Waals surface area contributed by atoms with Gasteiger partial charge in [-0.3, -0.25) is 4.79 Å². The first kappa shape index (κ1) is 13.8. The van der Waals surface area contributed by atoms with Crippen molar-refractivity contribution < 1.29 is 13.2 Å². The lowest BCUT2D eigenvalue weighted by Crippen LogP contribution is -2.35. The number of hydrogen-bond acceptors (Lipinski definition) is 3. The summed E-state index contributed by atoms with van der Waals surface area (Å²) in [5, 5.41) is 1.62. The van der Waals surface area contributed by atoms with Gasteiger partial charge in [-0.2, -0.15) is 0 Å². The van der Waals surface area contributed by atoms with E-state index >= 15 is 0 Å². The third kappa shape index (κ3) is 2.30. The fourth-order valence-electron chi connectivity index (χ4n) is 2.27. The number of amides is 1. The van der Waals surface area contributed by atoms with Crippen LogP contribution in [0.2, 0.25) is 0 Å². The molecule has 0 fully saturated rings. The van der Waals surface area contributed by atoms with Crippen LogP contribution in [-0.4, -0.2) is 19.7 Å². The maximum Gasteiger partial charge on any atom is 0.248 e. The largest absolute Gasteiger partial charge is 0.332 e. The molecule has 5 heteroatoms. The van der Waals surface area contributed by atoms with Crippen LogP contribution < -0.4 is 5.32 Å². The van der Waals surface area contributed by atoms with Gasteiger partial charge in [0, 0.05) is 5.57 Å². The van der Waals surface area contributed by atoms with E-state index in [2.05, 4.69) is 5.32 Å². The number of rotatable bonds is 3. The van der Waals surface area contributed by atoms with E-state index in [-0.39, 0.29) is 10.8 Å². The Hall–Kier alpha value is -1.62. The molecule has 0 saturated carbocycles. The van der Waals surface area contributed by atoms with E-state index in [9.17, 15) is 13.2 Å². The van der Waals surface area contributed by atoms with Crippen molar-refractivity contribution in [1.29, 1.82) is 0 Å². The van der Waals surface area contributed by atoms with Crippen LogP contribution in [0.1, 0.15) is 25.8 Å². The van der Waals surface area contributed by atoms with Crippen LogP contribution in [0.15, 0.2) is 40.3 Å². The summed E-state index contributed by atoms with van der Waals surface area (Å²) in [7, 11) is -3.57. The monoisotopic (exact) mass is 279 g/mol. The summed E-state index contributed by atoms with van der Waals surface area (Å²) in [4.78, 5) is 12.0. The van der Waals surface area contributed by atoms with Gasteiger partial charge in [-0.1, -0.05) is 24.6 Å². The molecule has 1 heterocycles. The molecule has 1 atom stereocenters. The fourth-order valence-corrected chi connectivity index (χ4v) is 3.92. The third-order valence-electron chi connectivity index (χ3n) is 3.42. The minimum atomic E-state index is -3.57. The van der Waals surface area contributed by atoms with Crippen LogP contribution in [0.4, 0.5) is 0 Å². The van der Waals surface area contributed by atoms with Gasteiger partial charge in [0.2, 0.25) is 15.7 Å². The van der Waals surface area contributed by atoms with E-state index in [1.54, 1.807) is 31.2 Å². The van der Waals surface area contributed by atoms with Gasteiger partial charge in [0.25, 0.3) is 0 Å². The van der Waals surface area contributed by atoms with Gasteiger partial charge < -0.3 is 5.32 Å². The summed E-state index contributed by atoms with van der Waals surface area (Å²) in [5.74, 6) is -0.277. The van der Waals surface area contributed by atoms with Gasteiger partial charge in [-0.25, -0.2) is 8.42 Å². The Morgan fingerprint density at radius 1 is 1.16 bits per heavy atom. The third-order valence-corrected chi connectivity index (χ3v) is 5.44. The normalized spacial score (nSPS) is 19.7. The summed E-state index contributed by atoms with van der Waals surface area (Å²) < 4.78 is 25.0. The zero-order valence-corrected chi connectivity index (χ0v) is 12.0. The number of hydrogen-bond donors (Lipinski definition) is 1. The number of aryl methyl sites for hydroxylation is 1. The average Bonchev–Trinajstić information content (AvgIpc) is 2.65. The Bertz CT molecular complexity index is 642. The summed E-state index contributed by atoms with van der Waals surface area (Å²) in [6, 6.07) is 6.66. The smallest absolute Gasteiger partial charge is 0.248 e. The van der Waals surface area contributed by atoms with Crippen LogP contribution in [-0.2, 0) is 14.6 Å². The summed E-state index contributed by atoms with van der Waals surface area (Å²) >= 11 is 0. The first-order chi connectivity index (χ1) is 8.87. The van der Waals surface area contributed by atoms with Crippen molar-refractivity contribution in [1.82, 2.24) is 5.32 Å².